The first kappa shape index (κ1) is 15.1. The van der Waals surface area contributed by atoms with Crippen LogP contribution in [0, 0.1) is 17.8 Å². The highest BCUT2D eigenvalue weighted by Gasteiger charge is 2.19. The van der Waals surface area contributed by atoms with E-state index in [9.17, 15) is 0 Å². The molecule has 2 rings (SSSR count). The maximum absolute atomic E-state index is 5.68. The molecule has 0 aromatic carbocycles. The normalized spacial score (nSPS) is 22.4. The molecule has 1 aromatic heterocycles. The third-order valence-corrected chi connectivity index (χ3v) is 3.73. The van der Waals surface area contributed by atoms with E-state index in [4.69, 9.17) is 9.15 Å². The molecule has 1 aliphatic carbocycles. The maximum Gasteiger partial charge on any atom is 0.393 e. The van der Waals surface area contributed by atoms with Crippen molar-refractivity contribution in [3.8, 4) is 6.08 Å². The van der Waals surface area contributed by atoms with E-state index in [2.05, 4.69) is 43.2 Å². The van der Waals surface area contributed by atoms with Gasteiger partial charge in [-0.05, 0) is 37.1 Å². The molecule has 0 aliphatic heterocycles. The van der Waals surface area contributed by atoms with E-state index >= 15 is 0 Å². The summed E-state index contributed by atoms with van der Waals surface area (Å²) in [5.74, 6) is 1.87. The molecule has 4 heteroatoms. The summed E-state index contributed by atoms with van der Waals surface area (Å²) < 4.78 is 11.0. The summed E-state index contributed by atoms with van der Waals surface area (Å²) in [7, 11) is 0. The first-order chi connectivity index (χ1) is 9.65. The molecule has 1 aliphatic rings. The van der Waals surface area contributed by atoms with Crippen LogP contribution in [-0.4, -0.2) is 18.1 Å². The average molecular weight is 278 g/mol. The summed E-state index contributed by atoms with van der Waals surface area (Å²) in [6.45, 7) is 9.04. The van der Waals surface area contributed by atoms with Gasteiger partial charge < -0.3 is 14.5 Å². The first-order valence-electron chi connectivity index (χ1n) is 7.58. The van der Waals surface area contributed by atoms with Crippen LogP contribution in [0.25, 0.3) is 0 Å². The second kappa shape index (κ2) is 7.48. The van der Waals surface area contributed by atoms with Gasteiger partial charge in [0.05, 0.1) is 12.3 Å². The molecule has 2 unspecified atom stereocenters. The van der Waals surface area contributed by atoms with Gasteiger partial charge in [0, 0.05) is 6.54 Å². The van der Waals surface area contributed by atoms with Crippen molar-refractivity contribution in [1.82, 2.24) is 10.3 Å². The van der Waals surface area contributed by atoms with Gasteiger partial charge in [-0.3, -0.25) is 0 Å². The molecular formula is C16H26N2O2. The molecule has 1 aromatic rings. The predicted molar refractivity (Wildman–Crippen MR) is 79.6 cm³/mol. The first-order valence-corrected chi connectivity index (χ1v) is 7.58. The molecule has 0 radical (unpaired) electrons. The van der Waals surface area contributed by atoms with Crippen LogP contribution in [0.5, 0.6) is 6.08 Å². The van der Waals surface area contributed by atoms with Crippen LogP contribution in [0.2, 0.25) is 0 Å². The molecule has 4 nitrogen and oxygen atoms in total. The lowest BCUT2D eigenvalue weighted by atomic mass is 9.85. The van der Waals surface area contributed by atoms with E-state index in [0.29, 0.717) is 30.4 Å². The van der Waals surface area contributed by atoms with Crippen molar-refractivity contribution in [2.24, 2.45) is 17.8 Å². The zero-order valence-corrected chi connectivity index (χ0v) is 12.8. The summed E-state index contributed by atoms with van der Waals surface area (Å²) in [5, 5.41) is 3.34. The van der Waals surface area contributed by atoms with Crippen molar-refractivity contribution >= 4 is 0 Å². The molecule has 20 heavy (non-hydrogen) atoms. The highest BCUT2D eigenvalue weighted by molar-refractivity contribution is 5.00. The van der Waals surface area contributed by atoms with E-state index in [1.54, 1.807) is 6.26 Å². The Bertz CT molecular complexity index is 426. The molecule has 0 saturated heterocycles. The molecule has 1 N–H and O–H groups in total. The number of nitrogens with zero attached hydrogens (tertiary/aromatic N) is 1. The van der Waals surface area contributed by atoms with E-state index in [1.165, 1.54) is 0 Å². The summed E-state index contributed by atoms with van der Waals surface area (Å²) in [5.41, 5.74) is 0.900. The number of hydrogen-bond acceptors (Lipinski definition) is 4. The molecule has 0 fully saturated rings. The second-order valence-electron chi connectivity index (χ2n) is 6.12. The lowest BCUT2D eigenvalue weighted by Crippen LogP contribution is -2.21. The van der Waals surface area contributed by atoms with Gasteiger partial charge in [0.1, 0.15) is 6.26 Å². The fourth-order valence-corrected chi connectivity index (χ4v) is 2.34. The number of hydrogen-bond donors (Lipinski definition) is 1. The van der Waals surface area contributed by atoms with Crippen molar-refractivity contribution in [1.29, 1.82) is 0 Å². The lowest BCUT2D eigenvalue weighted by Gasteiger charge is -2.24. The highest BCUT2D eigenvalue weighted by Crippen LogP contribution is 2.25. The van der Waals surface area contributed by atoms with Crippen LogP contribution < -0.4 is 10.1 Å². The van der Waals surface area contributed by atoms with Gasteiger partial charge >= 0.3 is 6.08 Å². The Balaban J connectivity index is 1.73. The molecule has 2 atom stereocenters. The van der Waals surface area contributed by atoms with Gasteiger partial charge in [-0.2, -0.15) is 4.98 Å². The van der Waals surface area contributed by atoms with Crippen LogP contribution in [0.3, 0.4) is 0 Å². The SMILES string of the molecule is CC(C)CNCc1coc(OCC2CC=CCC2C)n1. The number of aromatic nitrogens is 1. The monoisotopic (exact) mass is 278 g/mol. The minimum atomic E-state index is 0.396. The smallest absolute Gasteiger partial charge is 0.393 e. The molecular weight excluding hydrogens is 252 g/mol. The maximum atomic E-state index is 5.68. The standard InChI is InChI=1S/C16H26N2O2/c1-12(2)8-17-9-15-11-20-16(18-15)19-10-14-7-5-4-6-13(14)3/h4-5,11-14,17H,6-10H2,1-3H3. The molecule has 0 spiro atoms. The summed E-state index contributed by atoms with van der Waals surface area (Å²) >= 11 is 0. The molecule has 0 amide bonds. The Hall–Kier alpha value is -1.29. The van der Waals surface area contributed by atoms with Crippen LogP contribution in [0.1, 0.15) is 39.3 Å². The zero-order valence-electron chi connectivity index (χ0n) is 12.8. The zero-order chi connectivity index (χ0) is 14.4. The fraction of sp³-hybridized carbons (Fsp3) is 0.688. The summed E-state index contributed by atoms with van der Waals surface area (Å²) in [4.78, 5) is 4.35. The van der Waals surface area contributed by atoms with Gasteiger partial charge in [0.25, 0.3) is 0 Å². The van der Waals surface area contributed by atoms with Crippen LogP contribution in [-0.2, 0) is 6.54 Å². The number of ether oxygens (including phenoxy) is 1. The number of oxazole rings is 1. The number of rotatable bonds is 7. The topological polar surface area (TPSA) is 47.3 Å². The van der Waals surface area contributed by atoms with Gasteiger partial charge in [0.2, 0.25) is 0 Å². The van der Waals surface area contributed by atoms with Crippen molar-refractivity contribution < 1.29 is 9.15 Å². The van der Waals surface area contributed by atoms with Gasteiger partial charge in [0.15, 0.2) is 0 Å². The molecule has 112 valence electrons. The van der Waals surface area contributed by atoms with Crippen molar-refractivity contribution in [2.75, 3.05) is 13.2 Å². The Kier molecular flexibility index (Phi) is 5.65. The van der Waals surface area contributed by atoms with Crippen LogP contribution >= 0.6 is 0 Å². The summed E-state index contributed by atoms with van der Waals surface area (Å²) in [6.07, 6.45) is 8.80. The third kappa shape index (κ3) is 4.67. The van der Waals surface area contributed by atoms with Crippen molar-refractivity contribution in [2.45, 2.75) is 40.2 Å². The predicted octanol–water partition coefficient (Wildman–Crippen LogP) is 3.40. The molecule has 0 bridgehead atoms. The van der Waals surface area contributed by atoms with E-state index < -0.39 is 0 Å². The molecule has 0 saturated carbocycles. The number of allylic oxidation sites excluding steroid dienone is 2. The van der Waals surface area contributed by atoms with Crippen molar-refractivity contribution in [3.63, 3.8) is 0 Å². The van der Waals surface area contributed by atoms with E-state index in [1.807, 2.05) is 0 Å². The fourth-order valence-electron chi connectivity index (χ4n) is 2.34. The third-order valence-electron chi connectivity index (χ3n) is 3.73. The van der Waals surface area contributed by atoms with Crippen molar-refractivity contribution in [3.05, 3.63) is 24.1 Å². The van der Waals surface area contributed by atoms with Gasteiger partial charge in [-0.1, -0.05) is 32.9 Å². The lowest BCUT2D eigenvalue weighted by molar-refractivity contribution is 0.157. The van der Waals surface area contributed by atoms with E-state index in [0.717, 1.165) is 31.6 Å². The number of nitrogens with one attached hydrogen (secondary N) is 1. The highest BCUT2D eigenvalue weighted by atomic mass is 16.6. The largest absolute Gasteiger partial charge is 0.450 e. The summed E-state index contributed by atoms with van der Waals surface area (Å²) in [6, 6.07) is 0. The van der Waals surface area contributed by atoms with Gasteiger partial charge in [-0.25, -0.2) is 0 Å². The minimum Gasteiger partial charge on any atom is -0.450 e. The second-order valence-corrected chi connectivity index (χ2v) is 6.12. The Morgan fingerprint density at radius 2 is 2.20 bits per heavy atom. The Morgan fingerprint density at radius 1 is 1.40 bits per heavy atom. The Morgan fingerprint density at radius 3 is 2.95 bits per heavy atom. The van der Waals surface area contributed by atoms with Crippen LogP contribution in [0.4, 0.5) is 0 Å². The molecule has 1 heterocycles. The van der Waals surface area contributed by atoms with E-state index in [-0.39, 0.29) is 0 Å². The van der Waals surface area contributed by atoms with Crippen LogP contribution in [0.15, 0.2) is 22.8 Å². The minimum absolute atomic E-state index is 0.396. The quantitative estimate of drug-likeness (QED) is 0.777. The Labute approximate surface area is 121 Å². The average Bonchev–Trinajstić information content (AvgIpc) is 2.85. The van der Waals surface area contributed by atoms with Gasteiger partial charge in [-0.15, -0.1) is 0 Å².